The topological polar surface area (TPSA) is 138 Å². The summed E-state index contributed by atoms with van der Waals surface area (Å²) in [6.07, 6.45) is 0. The lowest BCUT2D eigenvalue weighted by Crippen LogP contribution is -2.84. The SMILES string of the molecule is C=C[SiH]1O[Si]2(C=C)O[Si]3(C=C)O[Si](C=C)(OC)O[Si]4(C=C)O[Si](C=C)(O1)O[Si]1(C=C)O[Si](C=C)(O2)O[Si](C=C)(O3)O[Si](C=C)(O4)O1. The average molecular weight is 807 g/mol. The molecule has 0 radical (unpaired) electrons. The van der Waals surface area contributed by atoms with Gasteiger partial charge in [-0.05, 0) is 51.3 Å². The Morgan fingerprint density at radius 3 is 0.804 bits per heavy atom. The number of rotatable bonds is 11. The maximum Gasteiger partial charge on any atom is 0.514 e. The van der Waals surface area contributed by atoms with Crippen molar-refractivity contribution < 1.29 is 62.0 Å². The van der Waals surface area contributed by atoms with Crippen molar-refractivity contribution >= 4 is 88.5 Å². The highest BCUT2D eigenvalue weighted by molar-refractivity contribution is 7.05. The van der Waals surface area contributed by atoms with Gasteiger partial charge in [0.25, 0.3) is 0 Å². The largest absolute Gasteiger partial charge is 0.514 e. The van der Waals surface area contributed by atoms with Crippen LogP contribution in [0.25, 0.3) is 0 Å². The van der Waals surface area contributed by atoms with Gasteiger partial charge in [0.15, 0.2) is 0 Å². The maximum absolute atomic E-state index is 6.80. The van der Waals surface area contributed by atoms with E-state index in [0.717, 1.165) is 0 Å². The third-order valence-electron chi connectivity index (χ3n) is 6.70. The molecular formula is C21H34O15Si10. The molecule has 5 aliphatic heterocycles. The normalized spacial score (nSPS) is 49.7. The first kappa shape index (κ1) is 36.3. The highest BCUT2D eigenvalue weighted by Crippen LogP contribution is 2.47. The molecule has 0 aromatic heterocycles. The molecule has 0 spiro atoms. The minimum Gasteiger partial charge on any atom is -0.390 e. The fraction of sp³-hybridized carbons (Fsp3) is 0.0476. The van der Waals surface area contributed by atoms with Gasteiger partial charge in [-0.1, -0.05) is 12.3 Å². The van der Waals surface area contributed by atoms with Gasteiger partial charge in [0.05, 0.1) is 0 Å². The van der Waals surface area contributed by atoms with E-state index in [1.54, 1.807) is 0 Å². The molecule has 25 heteroatoms. The van der Waals surface area contributed by atoms with Crippen LogP contribution < -0.4 is 0 Å². The van der Waals surface area contributed by atoms with Crippen LogP contribution in [-0.2, 0) is 62.0 Å². The molecule has 0 aliphatic carbocycles. The lowest BCUT2D eigenvalue weighted by Gasteiger charge is -2.57. The zero-order chi connectivity index (χ0) is 33.8. The summed E-state index contributed by atoms with van der Waals surface area (Å²) in [7, 11) is -41.6. The first-order chi connectivity index (χ1) is 21.7. The Bertz CT molecular complexity index is 1320. The van der Waals surface area contributed by atoms with Crippen LogP contribution in [0.15, 0.2) is 123 Å². The fourth-order valence-electron chi connectivity index (χ4n) is 4.62. The van der Waals surface area contributed by atoms with Gasteiger partial charge < -0.3 is 62.0 Å². The van der Waals surface area contributed by atoms with Gasteiger partial charge in [-0.25, -0.2) is 0 Å². The van der Waals surface area contributed by atoms with Gasteiger partial charge in [0.1, 0.15) is 0 Å². The van der Waals surface area contributed by atoms with Crippen LogP contribution in [0.3, 0.4) is 0 Å². The van der Waals surface area contributed by atoms with E-state index in [0.29, 0.717) is 0 Å². The van der Waals surface area contributed by atoms with Crippen LogP contribution in [-0.4, -0.2) is 95.6 Å². The molecule has 8 bridgehead atoms. The van der Waals surface area contributed by atoms with Crippen LogP contribution in [0, 0.1) is 0 Å². The second kappa shape index (κ2) is 12.4. The van der Waals surface area contributed by atoms with E-state index in [1.807, 2.05) is 0 Å². The molecule has 5 rings (SSSR count). The molecule has 8 unspecified atom stereocenters. The summed E-state index contributed by atoms with van der Waals surface area (Å²) < 4.78 is 100. The van der Waals surface area contributed by atoms with Crippen LogP contribution >= 0.6 is 0 Å². The molecule has 0 amide bonds. The highest BCUT2D eigenvalue weighted by atomic mass is 28.6. The Kier molecular flexibility index (Phi) is 9.76. The van der Waals surface area contributed by atoms with Gasteiger partial charge in [-0.3, -0.25) is 0 Å². The van der Waals surface area contributed by atoms with Crippen molar-refractivity contribution in [3.05, 3.63) is 123 Å². The molecule has 5 fully saturated rings. The lowest BCUT2D eigenvalue weighted by molar-refractivity contribution is 0.0162. The fourth-order valence-corrected chi connectivity index (χ4v) is 51.1. The quantitative estimate of drug-likeness (QED) is 0.281. The van der Waals surface area contributed by atoms with Gasteiger partial charge >= 0.3 is 88.5 Å². The highest BCUT2D eigenvalue weighted by Gasteiger charge is 2.78. The molecule has 0 saturated carbocycles. The van der Waals surface area contributed by atoms with E-state index < -0.39 is 88.5 Å². The van der Waals surface area contributed by atoms with Crippen LogP contribution in [0.1, 0.15) is 0 Å². The number of fused-ring (bicyclic) bond motifs is 4. The average Bonchev–Trinajstić information content (AvgIpc) is 3.04. The summed E-state index contributed by atoms with van der Waals surface area (Å²) in [5.41, 5.74) is 13.3. The Hall–Kier alpha value is -1.03. The molecule has 0 aromatic carbocycles. The summed E-state index contributed by atoms with van der Waals surface area (Å²) in [6.45, 7) is 39.8. The van der Waals surface area contributed by atoms with Crippen molar-refractivity contribution in [1.29, 1.82) is 0 Å². The first-order valence-corrected chi connectivity index (χ1v) is 31.2. The predicted molar refractivity (Wildman–Crippen MR) is 183 cm³/mol. The van der Waals surface area contributed by atoms with E-state index in [4.69, 9.17) is 62.0 Å². The van der Waals surface area contributed by atoms with E-state index in [1.165, 1.54) is 64.1 Å². The van der Waals surface area contributed by atoms with Gasteiger partial charge in [0.2, 0.25) is 0 Å². The standard InChI is InChI=1S/C21H34O15Si10/c1-12-37-23-39(14-3)27-41(16-5)25-38(13-2,22-11)26-42(17-6)28-40(15-4,24-37)30-44(19-8)33-43(18-7,29-39)34-45(20-9,31-41)36-46(21-10,32-42)35-44/h12-21,37H,1-10H2,11H3. The monoisotopic (exact) mass is 806 g/mol. The van der Waals surface area contributed by atoms with Crippen LogP contribution in [0.2, 0.25) is 0 Å². The van der Waals surface area contributed by atoms with Crippen molar-refractivity contribution in [2.45, 2.75) is 0 Å². The summed E-state index contributed by atoms with van der Waals surface area (Å²) in [6, 6.07) is 0. The molecule has 5 heterocycles. The maximum atomic E-state index is 6.80. The molecule has 5 saturated heterocycles. The Morgan fingerprint density at radius 1 is 0.370 bits per heavy atom. The van der Waals surface area contributed by atoms with E-state index in [2.05, 4.69) is 65.8 Å². The van der Waals surface area contributed by atoms with Crippen molar-refractivity contribution in [2.24, 2.45) is 0 Å². The second-order valence-electron chi connectivity index (χ2n) is 9.54. The van der Waals surface area contributed by atoms with Crippen LogP contribution in [0.4, 0.5) is 0 Å². The smallest absolute Gasteiger partial charge is 0.390 e. The van der Waals surface area contributed by atoms with Crippen LogP contribution in [0.5, 0.6) is 0 Å². The summed E-state index contributed by atoms with van der Waals surface area (Å²) in [5, 5.41) is 0. The lowest BCUT2D eigenvalue weighted by atomic mass is 11.3. The van der Waals surface area contributed by atoms with E-state index in [9.17, 15) is 0 Å². The minimum absolute atomic E-state index is 1.31. The summed E-state index contributed by atoms with van der Waals surface area (Å²) in [5.74, 6) is 0. The van der Waals surface area contributed by atoms with Gasteiger partial charge in [-0.2, -0.15) is 0 Å². The molecule has 8 atom stereocenters. The molecule has 5 aliphatic rings. The molecule has 46 heavy (non-hydrogen) atoms. The molecule has 0 N–H and O–H groups in total. The molecule has 248 valence electrons. The zero-order valence-corrected chi connectivity index (χ0v) is 35.2. The Labute approximate surface area is 279 Å². The molecule has 0 aromatic rings. The second-order valence-corrected chi connectivity index (χ2v) is 37.4. The van der Waals surface area contributed by atoms with Gasteiger partial charge in [-0.15, -0.1) is 59.2 Å². The first-order valence-electron chi connectivity index (χ1n) is 13.4. The van der Waals surface area contributed by atoms with Crippen molar-refractivity contribution in [3.63, 3.8) is 0 Å². The van der Waals surface area contributed by atoms with Crippen molar-refractivity contribution in [1.82, 2.24) is 0 Å². The molecule has 15 nitrogen and oxygen atoms in total. The van der Waals surface area contributed by atoms with Gasteiger partial charge in [0, 0.05) is 7.11 Å². The number of hydrogen-bond acceptors (Lipinski definition) is 15. The van der Waals surface area contributed by atoms with Crippen molar-refractivity contribution in [3.8, 4) is 0 Å². The Morgan fingerprint density at radius 2 is 0.609 bits per heavy atom. The molecular weight excluding hydrogens is 773 g/mol. The van der Waals surface area contributed by atoms with E-state index >= 15 is 0 Å². The van der Waals surface area contributed by atoms with E-state index in [-0.39, 0.29) is 0 Å². The Balaban J connectivity index is 2.02. The summed E-state index contributed by atoms with van der Waals surface area (Å²) in [4.78, 5) is 0. The zero-order valence-electron chi connectivity index (χ0n) is 25.0. The summed E-state index contributed by atoms with van der Waals surface area (Å²) >= 11 is 0. The van der Waals surface area contributed by atoms with Crippen molar-refractivity contribution in [2.75, 3.05) is 7.11 Å². The minimum atomic E-state index is -4.49. The number of hydrogen-bond donors (Lipinski definition) is 0. The third kappa shape index (κ3) is 5.93. The predicted octanol–water partition coefficient (Wildman–Crippen LogP) is 1.86. The third-order valence-corrected chi connectivity index (χ3v) is 44.0.